The number of halogens is 1. The summed E-state index contributed by atoms with van der Waals surface area (Å²) in [5, 5.41) is 3.18. The standard InChI is InChI=1S/C16H15ClN2O4/c1-10-3-5-12(7-13(10)17)18-14(20)9-19-8-11(16(22)23-2)4-6-15(19)21/h3-8H,9H2,1-2H3,(H,18,20). The number of esters is 1. The molecule has 0 atom stereocenters. The number of hydrogen-bond acceptors (Lipinski definition) is 4. The zero-order valence-electron chi connectivity index (χ0n) is 12.6. The Labute approximate surface area is 137 Å². The van der Waals surface area contributed by atoms with E-state index in [1.54, 1.807) is 18.2 Å². The summed E-state index contributed by atoms with van der Waals surface area (Å²) < 4.78 is 5.72. The molecule has 0 spiro atoms. The number of benzene rings is 1. The van der Waals surface area contributed by atoms with Crippen LogP contribution >= 0.6 is 11.6 Å². The number of ether oxygens (including phenoxy) is 1. The number of aryl methyl sites for hydroxylation is 1. The fourth-order valence-electron chi connectivity index (χ4n) is 1.92. The molecule has 6 nitrogen and oxygen atoms in total. The second kappa shape index (κ2) is 7.11. The number of rotatable bonds is 4. The average Bonchev–Trinajstić information content (AvgIpc) is 2.52. The lowest BCUT2D eigenvalue weighted by atomic mass is 10.2. The zero-order valence-corrected chi connectivity index (χ0v) is 13.4. The Morgan fingerprint density at radius 3 is 2.65 bits per heavy atom. The van der Waals surface area contributed by atoms with Gasteiger partial charge >= 0.3 is 5.97 Å². The Morgan fingerprint density at radius 1 is 1.26 bits per heavy atom. The maximum absolute atomic E-state index is 12.1. The quantitative estimate of drug-likeness (QED) is 0.870. The summed E-state index contributed by atoms with van der Waals surface area (Å²) in [6, 6.07) is 7.68. The largest absolute Gasteiger partial charge is 0.465 e. The van der Waals surface area contributed by atoms with Gasteiger partial charge in [0.1, 0.15) is 6.54 Å². The summed E-state index contributed by atoms with van der Waals surface area (Å²) in [6.07, 6.45) is 1.29. The molecule has 1 N–H and O–H groups in total. The number of hydrogen-bond donors (Lipinski definition) is 1. The summed E-state index contributed by atoms with van der Waals surface area (Å²) in [5.41, 5.74) is 1.22. The molecule has 0 fully saturated rings. The van der Waals surface area contributed by atoms with Crippen molar-refractivity contribution in [2.45, 2.75) is 13.5 Å². The SMILES string of the molecule is COC(=O)c1ccc(=O)n(CC(=O)Nc2ccc(C)c(Cl)c2)c1. The molecule has 23 heavy (non-hydrogen) atoms. The van der Waals surface area contributed by atoms with E-state index >= 15 is 0 Å². The summed E-state index contributed by atoms with van der Waals surface area (Å²) in [4.78, 5) is 35.3. The first kappa shape index (κ1) is 16.8. The molecule has 0 aliphatic rings. The molecular formula is C16H15ClN2O4. The Bertz CT molecular complexity index is 814. The average molecular weight is 335 g/mol. The second-order valence-electron chi connectivity index (χ2n) is 4.89. The highest BCUT2D eigenvalue weighted by Crippen LogP contribution is 2.19. The Morgan fingerprint density at radius 2 is 2.00 bits per heavy atom. The molecule has 0 aliphatic heterocycles. The molecule has 0 unspecified atom stereocenters. The van der Waals surface area contributed by atoms with Crippen LogP contribution in [0.15, 0.2) is 41.3 Å². The summed E-state index contributed by atoms with van der Waals surface area (Å²) in [6.45, 7) is 1.63. The van der Waals surface area contributed by atoms with Crippen LogP contribution in [0.4, 0.5) is 5.69 Å². The van der Waals surface area contributed by atoms with Crippen molar-refractivity contribution in [1.82, 2.24) is 4.57 Å². The number of nitrogens with one attached hydrogen (secondary N) is 1. The van der Waals surface area contributed by atoms with Gasteiger partial charge in [-0.1, -0.05) is 17.7 Å². The highest BCUT2D eigenvalue weighted by molar-refractivity contribution is 6.31. The van der Waals surface area contributed by atoms with Crippen LogP contribution in [0.3, 0.4) is 0 Å². The Hall–Kier alpha value is -2.60. The van der Waals surface area contributed by atoms with Gasteiger partial charge in [-0.25, -0.2) is 4.79 Å². The van der Waals surface area contributed by atoms with Crippen molar-refractivity contribution in [2.75, 3.05) is 12.4 Å². The van der Waals surface area contributed by atoms with Crippen molar-refractivity contribution < 1.29 is 14.3 Å². The van der Waals surface area contributed by atoms with Gasteiger partial charge in [0.2, 0.25) is 5.91 Å². The second-order valence-corrected chi connectivity index (χ2v) is 5.29. The minimum Gasteiger partial charge on any atom is -0.465 e. The molecule has 0 saturated heterocycles. The van der Waals surface area contributed by atoms with Gasteiger partial charge in [0.05, 0.1) is 12.7 Å². The minimum absolute atomic E-state index is 0.193. The normalized spacial score (nSPS) is 10.2. The number of anilines is 1. The topological polar surface area (TPSA) is 77.4 Å². The first-order chi connectivity index (χ1) is 10.9. The van der Waals surface area contributed by atoms with E-state index in [0.717, 1.165) is 10.1 Å². The molecule has 2 rings (SSSR count). The summed E-state index contributed by atoms with van der Waals surface area (Å²) in [7, 11) is 1.24. The van der Waals surface area contributed by atoms with Gasteiger partial charge in [0, 0.05) is 23.0 Å². The molecule has 1 heterocycles. The number of methoxy groups -OCH3 is 1. The van der Waals surface area contributed by atoms with Gasteiger partial charge in [-0.2, -0.15) is 0 Å². The maximum Gasteiger partial charge on any atom is 0.339 e. The highest BCUT2D eigenvalue weighted by atomic mass is 35.5. The van der Waals surface area contributed by atoms with Crippen molar-refractivity contribution in [3.05, 3.63) is 63.0 Å². The van der Waals surface area contributed by atoms with Gasteiger partial charge < -0.3 is 14.6 Å². The van der Waals surface area contributed by atoms with Crippen molar-refractivity contribution in [1.29, 1.82) is 0 Å². The zero-order chi connectivity index (χ0) is 17.0. The van der Waals surface area contributed by atoms with E-state index < -0.39 is 17.4 Å². The van der Waals surface area contributed by atoms with Gasteiger partial charge in [0.25, 0.3) is 5.56 Å². The fraction of sp³-hybridized carbons (Fsp3) is 0.188. The molecule has 1 aromatic heterocycles. The molecule has 1 amide bonds. The third kappa shape index (κ3) is 4.20. The van der Waals surface area contributed by atoms with E-state index in [1.165, 1.54) is 25.4 Å². The van der Waals surface area contributed by atoms with Gasteiger partial charge in [0.15, 0.2) is 0 Å². The Balaban J connectivity index is 2.15. The number of carbonyl (C=O) groups is 2. The molecule has 0 bridgehead atoms. The lowest BCUT2D eigenvalue weighted by Gasteiger charge is -2.09. The monoisotopic (exact) mass is 334 g/mol. The van der Waals surface area contributed by atoms with Crippen molar-refractivity contribution in [3.8, 4) is 0 Å². The van der Waals surface area contributed by atoms with E-state index in [9.17, 15) is 14.4 Å². The highest BCUT2D eigenvalue weighted by Gasteiger charge is 2.10. The molecule has 0 radical (unpaired) electrons. The molecule has 0 saturated carbocycles. The molecule has 1 aromatic carbocycles. The van der Waals surface area contributed by atoms with Gasteiger partial charge in [-0.15, -0.1) is 0 Å². The number of amides is 1. The van der Waals surface area contributed by atoms with Crippen LogP contribution in [0, 0.1) is 6.92 Å². The van der Waals surface area contributed by atoms with Gasteiger partial charge in [-0.05, 0) is 30.7 Å². The Kier molecular flexibility index (Phi) is 5.18. The molecule has 7 heteroatoms. The molecular weight excluding hydrogens is 320 g/mol. The number of nitrogens with zero attached hydrogens (tertiary/aromatic N) is 1. The van der Waals surface area contributed by atoms with Crippen LogP contribution in [0.2, 0.25) is 5.02 Å². The van der Waals surface area contributed by atoms with Crippen LogP contribution in [-0.4, -0.2) is 23.6 Å². The lowest BCUT2D eigenvalue weighted by Crippen LogP contribution is -2.27. The van der Waals surface area contributed by atoms with Crippen LogP contribution in [-0.2, 0) is 16.1 Å². The first-order valence-electron chi connectivity index (χ1n) is 6.75. The van der Waals surface area contributed by atoms with Crippen LogP contribution in [0.25, 0.3) is 0 Å². The third-order valence-corrected chi connectivity index (χ3v) is 3.58. The van der Waals surface area contributed by atoms with E-state index in [4.69, 9.17) is 11.6 Å². The van der Waals surface area contributed by atoms with Crippen LogP contribution in [0.5, 0.6) is 0 Å². The fourth-order valence-corrected chi connectivity index (χ4v) is 2.10. The molecule has 2 aromatic rings. The van der Waals surface area contributed by atoms with Crippen LogP contribution in [0.1, 0.15) is 15.9 Å². The van der Waals surface area contributed by atoms with E-state index in [-0.39, 0.29) is 12.1 Å². The number of aromatic nitrogens is 1. The third-order valence-electron chi connectivity index (χ3n) is 3.17. The van der Waals surface area contributed by atoms with Crippen molar-refractivity contribution in [3.63, 3.8) is 0 Å². The predicted molar refractivity (Wildman–Crippen MR) is 86.9 cm³/mol. The first-order valence-corrected chi connectivity index (χ1v) is 7.13. The van der Waals surface area contributed by atoms with Crippen molar-refractivity contribution in [2.24, 2.45) is 0 Å². The smallest absolute Gasteiger partial charge is 0.339 e. The van der Waals surface area contributed by atoms with E-state index in [1.807, 2.05) is 6.92 Å². The van der Waals surface area contributed by atoms with Gasteiger partial charge in [-0.3, -0.25) is 9.59 Å². The number of pyridine rings is 1. The van der Waals surface area contributed by atoms with Crippen molar-refractivity contribution >= 4 is 29.2 Å². The maximum atomic E-state index is 12.1. The molecule has 120 valence electrons. The van der Waals surface area contributed by atoms with E-state index in [2.05, 4.69) is 10.1 Å². The molecule has 0 aliphatic carbocycles. The summed E-state index contributed by atoms with van der Waals surface area (Å²) >= 11 is 6.00. The lowest BCUT2D eigenvalue weighted by molar-refractivity contribution is -0.116. The summed E-state index contributed by atoms with van der Waals surface area (Å²) in [5.74, 6) is -0.987. The van der Waals surface area contributed by atoms with E-state index in [0.29, 0.717) is 10.7 Å². The predicted octanol–water partition coefficient (Wildman–Crippen LogP) is 2.24. The number of carbonyl (C=O) groups excluding carboxylic acids is 2. The van der Waals surface area contributed by atoms with Crippen LogP contribution < -0.4 is 10.9 Å². The minimum atomic E-state index is -0.579.